The molecule has 0 aliphatic rings. The average Bonchev–Trinajstić information content (AvgIpc) is 2.07. The first kappa shape index (κ1) is 66.2. The van der Waals surface area contributed by atoms with Gasteiger partial charge in [0, 0.05) is 37.8 Å². The molecule has 12 aromatic rings. The van der Waals surface area contributed by atoms with E-state index in [0.717, 1.165) is 64.3 Å². The van der Waals surface area contributed by atoms with Crippen molar-refractivity contribution in [3.05, 3.63) is 152 Å². The number of primary sulfonamides is 1. The first-order chi connectivity index (χ1) is 44.5. The van der Waals surface area contributed by atoms with Crippen LogP contribution >= 0.6 is 80.9 Å². The lowest BCUT2D eigenvalue weighted by atomic mass is 10.1. The number of carbonyl (C=O) groups excluding carboxylic acids is 1. The maximum atomic E-state index is 13.2. The van der Waals surface area contributed by atoms with Gasteiger partial charge < -0.3 is 25.7 Å². The Labute approximate surface area is 551 Å². The minimum Gasteiger partial charge on any atom is -0.507 e. The zero-order valence-corrected chi connectivity index (χ0v) is 52.8. The fraction of sp³-hybridized carbons (Fsp3) is 0.0364. The number of amides is 1. The number of phenols is 4. The van der Waals surface area contributed by atoms with Crippen molar-refractivity contribution in [2.24, 2.45) is 46.1 Å². The maximum absolute atomic E-state index is 13.2. The third-order valence-corrected chi connectivity index (χ3v) is 16.7. The van der Waals surface area contributed by atoms with Crippen molar-refractivity contribution in [3.8, 4) is 47.3 Å². The highest BCUT2D eigenvalue weighted by atomic mass is 35.5. The van der Waals surface area contributed by atoms with E-state index >= 15 is 0 Å². The van der Waals surface area contributed by atoms with E-state index < -0.39 is 32.2 Å². The molecule has 38 heteroatoms. The summed E-state index contributed by atoms with van der Waals surface area (Å²) < 4.78 is 52.4. The highest BCUT2D eigenvalue weighted by Crippen LogP contribution is 2.43. The molecule has 0 aliphatic heterocycles. The van der Waals surface area contributed by atoms with Crippen LogP contribution in [0, 0.1) is 58.1 Å². The molecule has 0 radical (unpaired) electrons. The van der Waals surface area contributed by atoms with Crippen LogP contribution in [-0.4, -0.2) is 72.2 Å². The molecular weight excluding hydrogens is 1370 g/mol. The molecule has 0 saturated carbocycles. The molecule has 4 aromatic carbocycles. The van der Waals surface area contributed by atoms with Gasteiger partial charge in [0.25, 0.3) is 0 Å². The molecule has 0 fully saturated rings. The zero-order chi connectivity index (χ0) is 66.7. The van der Waals surface area contributed by atoms with Gasteiger partial charge in [-0.1, -0.05) is 34.8 Å². The number of anilines is 1. The standard InChI is InChI=1S/C16H11ClN6O2S.C13H5Cl2N5OS.C13H6FN5OS.C13H8N6O3S2/c1-7-11(4-12(20-8(2)24)14(25)13(7)17)21-22-16-10-3-9(5-18)6-19-15(10)23-26-16;14-9-2-7(3-10(15)11(9)21)18-19-13-8-1-6(4-16)5-17-12(8)20-22-13;14-10-4-8(1-2-11(10)20)17-18-13-9-3-7(5-15)6-16-12(9)19-21-13;14-5-7-3-9-12(16-6-7)19-23-13(9)18-17-8-1-2-10(20)11(4-8)24(15,21)22/h3-4,6,25H,1-2H3,(H,20,24);1-3,5,21H;1-4,6,20H;1-4,6,20H,(H2,15,21,22). The summed E-state index contributed by atoms with van der Waals surface area (Å²) >= 11 is 22.1. The Morgan fingerprint density at radius 2 is 0.914 bits per heavy atom. The summed E-state index contributed by atoms with van der Waals surface area (Å²) in [5, 5.41) is 118. The first-order valence-corrected chi connectivity index (χ1v) is 30.9. The number of hydrogen-bond donors (Lipinski definition) is 6. The number of rotatable bonds is 10. The number of halogens is 4. The average molecular weight is 1400 g/mol. The summed E-state index contributed by atoms with van der Waals surface area (Å²) in [5.74, 6) is -2.47. The smallest absolute Gasteiger partial charge is 0.241 e. The molecule has 0 aliphatic carbocycles. The molecule has 12 rings (SSSR count). The summed E-state index contributed by atoms with van der Waals surface area (Å²) in [6.45, 7) is 2.99. The van der Waals surface area contributed by atoms with Crippen molar-refractivity contribution in [3.63, 3.8) is 0 Å². The van der Waals surface area contributed by atoms with Crippen LogP contribution in [-0.2, 0) is 14.8 Å². The van der Waals surface area contributed by atoms with E-state index in [9.17, 15) is 32.9 Å². The van der Waals surface area contributed by atoms with Gasteiger partial charge in [-0.3, -0.25) is 4.79 Å². The Hall–Kier alpha value is -11.2. The number of aromatic hydroxyl groups is 4. The number of pyridine rings is 4. The largest absolute Gasteiger partial charge is 0.507 e. The van der Waals surface area contributed by atoms with Crippen molar-refractivity contribution in [1.29, 1.82) is 21.0 Å². The van der Waals surface area contributed by atoms with Gasteiger partial charge in [-0.25, -0.2) is 37.9 Å². The number of sulfonamides is 1. The monoisotopic (exact) mass is 1390 g/mol. The van der Waals surface area contributed by atoms with Crippen LogP contribution in [0.25, 0.3) is 44.1 Å². The Balaban J connectivity index is 0.000000147. The van der Waals surface area contributed by atoms with Gasteiger partial charge in [-0.05, 0) is 131 Å². The molecule has 1 amide bonds. The number of nitrogens with two attached hydrogens (primary N) is 1. The number of nitriles is 4. The van der Waals surface area contributed by atoms with Gasteiger partial charge in [-0.15, -0.1) is 40.9 Å². The van der Waals surface area contributed by atoms with Crippen molar-refractivity contribution >= 4 is 189 Å². The molecule has 460 valence electrons. The molecule has 7 N–H and O–H groups in total. The summed E-state index contributed by atoms with van der Waals surface area (Å²) in [6, 6.07) is 26.2. The van der Waals surface area contributed by atoms with Gasteiger partial charge >= 0.3 is 0 Å². The number of fused-ring (bicyclic) bond motifs is 4. The molecule has 0 spiro atoms. The molecule has 8 heterocycles. The molecule has 0 bridgehead atoms. The topological polar surface area (TPSA) is 467 Å². The van der Waals surface area contributed by atoms with Crippen LogP contribution in [0.15, 0.2) is 149 Å². The van der Waals surface area contributed by atoms with E-state index in [1.807, 2.05) is 24.3 Å². The van der Waals surface area contributed by atoms with Crippen LogP contribution in [0.4, 0.5) is 52.8 Å². The molecule has 0 atom stereocenters. The predicted octanol–water partition coefficient (Wildman–Crippen LogP) is 15.7. The van der Waals surface area contributed by atoms with E-state index in [2.05, 4.69) is 83.7 Å². The second kappa shape index (κ2) is 29.2. The van der Waals surface area contributed by atoms with Crippen LogP contribution in [0.3, 0.4) is 0 Å². The number of phenolic OH excluding ortho intramolecular Hbond substituents is 4. The molecule has 0 saturated heterocycles. The number of azo groups is 4. The molecule has 0 unspecified atom stereocenters. The molecular formula is C55H30Cl3FN22O7S5. The van der Waals surface area contributed by atoms with Crippen LogP contribution < -0.4 is 10.5 Å². The third-order valence-electron chi connectivity index (χ3n) is 11.7. The number of nitrogens with one attached hydrogen (secondary N) is 1. The number of carbonyl (C=O) groups is 1. The number of aromatic nitrogens is 8. The highest BCUT2D eigenvalue weighted by Gasteiger charge is 2.18. The second-order valence-corrected chi connectivity index (χ2v) is 23.8. The van der Waals surface area contributed by atoms with Gasteiger partial charge in [0.05, 0.1) is 87.3 Å². The Morgan fingerprint density at radius 3 is 1.29 bits per heavy atom. The van der Waals surface area contributed by atoms with Gasteiger partial charge in [0.1, 0.15) is 34.9 Å². The number of benzene rings is 4. The minimum atomic E-state index is -4.08. The summed E-state index contributed by atoms with van der Waals surface area (Å²) in [5.41, 5.74) is 5.31. The van der Waals surface area contributed by atoms with Crippen molar-refractivity contribution < 1.29 is 38.0 Å². The highest BCUT2D eigenvalue weighted by molar-refractivity contribution is 7.89. The predicted molar refractivity (Wildman–Crippen MR) is 343 cm³/mol. The van der Waals surface area contributed by atoms with Crippen LogP contribution in [0.5, 0.6) is 23.0 Å². The van der Waals surface area contributed by atoms with E-state index in [4.69, 9.17) is 66.1 Å². The molecule has 93 heavy (non-hydrogen) atoms. The SMILES string of the molecule is CC(=O)Nc1cc(N=Nc2snc3ncc(C#N)cc23)c(C)c(Cl)c1O.N#Cc1cnc2nsc(N=Nc3cc(Cl)c(O)c(Cl)c3)c2c1.N#Cc1cnc2nsc(N=Nc3ccc(O)c(F)c3)c2c1.N#Cc1cnc2nsc(N=Nc3ccc(O)c(S(N)(=O)=O)c3)c2c1. The van der Waals surface area contributed by atoms with E-state index in [0.29, 0.717) is 103 Å². The lowest BCUT2D eigenvalue weighted by molar-refractivity contribution is -0.114. The van der Waals surface area contributed by atoms with Crippen molar-refractivity contribution in [2.75, 3.05) is 5.32 Å². The fourth-order valence-corrected chi connectivity index (χ4v) is 11.2. The van der Waals surface area contributed by atoms with E-state index in [-0.39, 0.29) is 49.5 Å². The molecule has 29 nitrogen and oxygen atoms in total. The third kappa shape index (κ3) is 16.0. The van der Waals surface area contributed by atoms with E-state index in [1.54, 1.807) is 31.2 Å². The summed E-state index contributed by atoms with van der Waals surface area (Å²) in [4.78, 5) is 27.0. The Kier molecular flexibility index (Phi) is 20.8. The summed E-state index contributed by atoms with van der Waals surface area (Å²) in [7, 11) is -4.08. The first-order valence-electron chi connectivity index (χ1n) is 25.2. The quantitative estimate of drug-likeness (QED) is 0.0547. The zero-order valence-electron chi connectivity index (χ0n) is 46.4. The second-order valence-electron chi connectivity index (χ2n) is 18.1. The minimum absolute atomic E-state index is 0.0767. The van der Waals surface area contributed by atoms with Crippen molar-refractivity contribution in [2.45, 2.75) is 18.7 Å². The van der Waals surface area contributed by atoms with Gasteiger partial charge in [-0.2, -0.15) is 38.5 Å². The number of nitrogens with zero attached hydrogens (tertiary/aromatic N) is 20. The van der Waals surface area contributed by atoms with Gasteiger partial charge in [0.2, 0.25) is 15.9 Å². The van der Waals surface area contributed by atoms with Crippen LogP contribution in [0.1, 0.15) is 34.7 Å². The maximum Gasteiger partial charge on any atom is 0.241 e. The summed E-state index contributed by atoms with van der Waals surface area (Å²) in [6.07, 6.45) is 5.72. The Bertz CT molecular complexity index is 5360. The number of hydrogen-bond acceptors (Lipinski definition) is 31. The normalized spacial score (nSPS) is 11.3. The van der Waals surface area contributed by atoms with Crippen LogP contribution in [0.2, 0.25) is 15.1 Å². The van der Waals surface area contributed by atoms with Crippen molar-refractivity contribution in [1.82, 2.24) is 37.4 Å². The Morgan fingerprint density at radius 1 is 0.538 bits per heavy atom. The van der Waals surface area contributed by atoms with E-state index in [1.165, 1.54) is 68.1 Å². The van der Waals surface area contributed by atoms with Gasteiger partial charge in [0.15, 0.2) is 65.7 Å². The lowest BCUT2D eigenvalue weighted by Gasteiger charge is -2.10. The lowest BCUT2D eigenvalue weighted by Crippen LogP contribution is -2.12. The fourth-order valence-electron chi connectivity index (χ4n) is 7.31. The molecule has 8 aromatic heterocycles.